The predicted molar refractivity (Wildman–Crippen MR) is 99.2 cm³/mol. The molecule has 1 heterocycles. The lowest BCUT2D eigenvalue weighted by atomic mass is 9.99. The number of carbonyl (C=O) groups is 1. The van der Waals surface area contributed by atoms with E-state index in [9.17, 15) is 4.79 Å². The van der Waals surface area contributed by atoms with Gasteiger partial charge in [0.25, 0.3) is 5.91 Å². The Balaban J connectivity index is 1.51. The summed E-state index contributed by atoms with van der Waals surface area (Å²) in [6, 6.07) is 10.4. The Hall–Kier alpha value is -1.81. The first-order valence-electron chi connectivity index (χ1n) is 8.71. The number of hydrogen-bond donors (Lipinski definition) is 1. The second-order valence-electron chi connectivity index (χ2n) is 6.53. The summed E-state index contributed by atoms with van der Waals surface area (Å²) in [5.74, 6) is 0.957. The zero-order valence-electron chi connectivity index (χ0n) is 14.4. The van der Waals surface area contributed by atoms with E-state index < -0.39 is 0 Å². The molecule has 4 heteroatoms. The van der Waals surface area contributed by atoms with Gasteiger partial charge in [0.1, 0.15) is 5.75 Å². The summed E-state index contributed by atoms with van der Waals surface area (Å²) in [6.45, 7) is 2.08. The number of thiophene rings is 1. The molecule has 3 rings (SSSR count). The Kier molecular flexibility index (Phi) is 5.56. The van der Waals surface area contributed by atoms with Gasteiger partial charge in [-0.3, -0.25) is 4.79 Å². The SMILES string of the molecule is COc1ccc(CCC(C)NC(=O)c2cc3c(s2)CCCC3)cc1. The van der Waals surface area contributed by atoms with Crippen LogP contribution in [0.5, 0.6) is 5.75 Å². The number of nitrogens with one attached hydrogen (secondary N) is 1. The maximum absolute atomic E-state index is 12.5. The molecule has 24 heavy (non-hydrogen) atoms. The Labute approximate surface area is 148 Å². The van der Waals surface area contributed by atoms with E-state index in [0.717, 1.165) is 36.3 Å². The molecule has 0 saturated carbocycles. The monoisotopic (exact) mass is 343 g/mol. The lowest BCUT2D eigenvalue weighted by Crippen LogP contribution is -2.32. The van der Waals surface area contributed by atoms with Crippen molar-refractivity contribution in [2.45, 2.75) is 51.5 Å². The van der Waals surface area contributed by atoms with Crippen LogP contribution in [0.1, 0.15) is 51.9 Å². The number of rotatable bonds is 6. The smallest absolute Gasteiger partial charge is 0.261 e. The molecule has 0 fully saturated rings. The van der Waals surface area contributed by atoms with Crippen molar-refractivity contribution >= 4 is 17.2 Å². The third kappa shape index (κ3) is 4.18. The molecule has 128 valence electrons. The molecule has 1 aromatic heterocycles. The maximum Gasteiger partial charge on any atom is 0.261 e. The van der Waals surface area contributed by atoms with Gasteiger partial charge in [0.2, 0.25) is 0 Å². The number of methoxy groups -OCH3 is 1. The fraction of sp³-hybridized carbons (Fsp3) is 0.450. The molecule has 1 unspecified atom stereocenters. The quantitative estimate of drug-likeness (QED) is 0.845. The molecule has 1 aliphatic carbocycles. The minimum Gasteiger partial charge on any atom is -0.497 e. The van der Waals surface area contributed by atoms with Gasteiger partial charge in [0, 0.05) is 10.9 Å². The van der Waals surface area contributed by atoms with Crippen molar-refractivity contribution in [1.82, 2.24) is 5.32 Å². The summed E-state index contributed by atoms with van der Waals surface area (Å²) in [5, 5.41) is 3.14. The summed E-state index contributed by atoms with van der Waals surface area (Å²) in [4.78, 5) is 14.7. The second-order valence-corrected chi connectivity index (χ2v) is 7.66. The highest BCUT2D eigenvalue weighted by atomic mass is 32.1. The molecule has 1 N–H and O–H groups in total. The number of ether oxygens (including phenoxy) is 1. The third-order valence-electron chi connectivity index (χ3n) is 4.62. The maximum atomic E-state index is 12.5. The zero-order chi connectivity index (χ0) is 16.9. The van der Waals surface area contributed by atoms with E-state index in [1.807, 2.05) is 12.1 Å². The van der Waals surface area contributed by atoms with Gasteiger partial charge < -0.3 is 10.1 Å². The van der Waals surface area contributed by atoms with Crippen LogP contribution in [0.2, 0.25) is 0 Å². The van der Waals surface area contributed by atoms with Crippen LogP contribution in [-0.4, -0.2) is 19.1 Å². The molecule has 0 saturated heterocycles. The fourth-order valence-electron chi connectivity index (χ4n) is 3.15. The summed E-state index contributed by atoms with van der Waals surface area (Å²) in [7, 11) is 1.68. The molecule has 3 nitrogen and oxygen atoms in total. The van der Waals surface area contributed by atoms with Crippen LogP contribution in [0.3, 0.4) is 0 Å². The van der Waals surface area contributed by atoms with E-state index in [1.165, 1.54) is 28.8 Å². The number of carbonyl (C=O) groups excluding carboxylic acids is 1. The first-order valence-corrected chi connectivity index (χ1v) is 9.52. The lowest BCUT2D eigenvalue weighted by molar-refractivity contribution is 0.0942. The minimum atomic E-state index is 0.0802. The molecule has 0 spiro atoms. The molecule has 2 aromatic rings. The minimum absolute atomic E-state index is 0.0802. The van der Waals surface area contributed by atoms with Crippen molar-refractivity contribution in [2.75, 3.05) is 7.11 Å². The van der Waals surface area contributed by atoms with Gasteiger partial charge in [-0.1, -0.05) is 12.1 Å². The van der Waals surface area contributed by atoms with Crippen LogP contribution >= 0.6 is 11.3 Å². The number of hydrogen-bond acceptors (Lipinski definition) is 3. The van der Waals surface area contributed by atoms with Crippen molar-refractivity contribution in [3.05, 3.63) is 51.2 Å². The number of amides is 1. The van der Waals surface area contributed by atoms with Crippen LogP contribution in [0.15, 0.2) is 30.3 Å². The standard InChI is InChI=1S/C20H25NO2S/c1-14(7-8-15-9-11-17(23-2)12-10-15)21-20(22)19-13-16-5-3-4-6-18(16)24-19/h9-14H,3-8H2,1-2H3,(H,21,22). The third-order valence-corrected chi connectivity index (χ3v) is 5.86. The van der Waals surface area contributed by atoms with E-state index in [2.05, 4.69) is 30.4 Å². The Morgan fingerprint density at radius 1 is 1.25 bits per heavy atom. The zero-order valence-corrected chi connectivity index (χ0v) is 15.2. The van der Waals surface area contributed by atoms with Crippen LogP contribution < -0.4 is 10.1 Å². The molecule has 0 aliphatic heterocycles. The van der Waals surface area contributed by atoms with Crippen molar-refractivity contribution in [2.24, 2.45) is 0 Å². The normalized spacial score (nSPS) is 14.8. The summed E-state index contributed by atoms with van der Waals surface area (Å²) in [6.07, 6.45) is 6.66. The average molecular weight is 343 g/mol. The molecule has 0 radical (unpaired) electrons. The van der Waals surface area contributed by atoms with Crippen molar-refractivity contribution in [3.8, 4) is 5.75 Å². The summed E-state index contributed by atoms with van der Waals surface area (Å²) >= 11 is 1.68. The Morgan fingerprint density at radius 3 is 2.71 bits per heavy atom. The molecule has 0 bridgehead atoms. The highest BCUT2D eigenvalue weighted by Crippen LogP contribution is 2.29. The molecular weight excluding hydrogens is 318 g/mol. The van der Waals surface area contributed by atoms with Gasteiger partial charge in [-0.25, -0.2) is 0 Å². The number of aryl methyl sites for hydroxylation is 3. The van der Waals surface area contributed by atoms with Crippen LogP contribution in [0.4, 0.5) is 0 Å². The van der Waals surface area contributed by atoms with E-state index in [4.69, 9.17) is 4.74 Å². The van der Waals surface area contributed by atoms with E-state index in [1.54, 1.807) is 18.4 Å². The predicted octanol–water partition coefficient (Wildman–Crippen LogP) is 4.39. The summed E-state index contributed by atoms with van der Waals surface area (Å²) in [5.41, 5.74) is 2.66. The number of fused-ring (bicyclic) bond motifs is 1. The van der Waals surface area contributed by atoms with Crippen LogP contribution in [0.25, 0.3) is 0 Å². The molecule has 1 atom stereocenters. The molecule has 1 aromatic carbocycles. The molecule has 1 aliphatic rings. The van der Waals surface area contributed by atoms with E-state index >= 15 is 0 Å². The summed E-state index contributed by atoms with van der Waals surface area (Å²) < 4.78 is 5.18. The van der Waals surface area contributed by atoms with Gasteiger partial charge in [-0.15, -0.1) is 11.3 Å². The lowest BCUT2D eigenvalue weighted by Gasteiger charge is -2.13. The number of benzene rings is 1. The highest BCUT2D eigenvalue weighted by molar-refractivity contribution is 7.14. The van der Waals surface area contributed by atoms with Gasteiger partial charge >= 0.3 is 0 Å². The Bertz CT molecular complexity index is 667. The fourth-order valence-corrected chi connectivity index (χ4v) is 4.30. The van der Waals surface area contributed by atoms with E-state index in [-0.39, 0.29) is 11.9 Å². The topological polar surface area (TPSA) is 38.3 Å². The van der Waals surface area contributed by atoms with Gasteiger partial charge in [0.15, 0.2) is 0 Å². The van der Waals surface area contributed by atoms with Crippen molar-refractivity contribution in [3.63, 3.8) is 0 Å². The Morgan fingerprint density at radius 2 is 2.00 bits per heavy atom. The van der Waals surface area contributed by atoms with E-state index in [0.29, 0.717) is 0 Å². The first-order chi connectivity index (χ1) is 11.7. The molecule has 1 amide bonds. The highest BCUT2D eigenvalue weighted by Gasteiger charge is 2.18. The van der Waals surface area contributed by atoms with Crippen LogP contribution in [-0.2, 0) is 19.3 Å². The first kappa shape index (κ1) is 17.0. The van der Waals surface area contributed by atoms with Crippen LogP contribution in [0, 0.1) is 0 Å². The van der Waals surface area contributed by atoms with Gasteiger partial charge in [-0.05, 0) is 74.8 Å². The van der Waals surface area contributed by atoms with Gasteiger partial charge in [-0.2, -0.15) is 0 Å². The van der Waals surface area contributed by atoms with Crippen molar-refractivity contribution < 1.29 is 9.53 Å². The molecular formula is C20H25NO2S. The second kappa shape index (κ2) is 7.84. The average Bonchev–Trinajstić information content (AvgIpc) is 3.05. The largest absolute Gasteiger partial charge is 0.497 e. The van der Waals surface area contributed by atoms with Crippen molar-refractivity contribution in [1.29, 1.82) is 0 Å². The van der Waals surface area contributed by atoms with Gasteiger partial charge in [0.05, 0.1) is 12.0 Å².